The van der Waals surface area contributed by atoms with Crippen LogP contribution in [-0.2, 0) is 43.5 Å². The van der Waals surface area contributed by atoms with Crippen LogP contribution in [0.5, 0.6) is 0 Å². The summed E-state index contributed by atoms with van der Waals surface area (Å²) in [6.45, 7) is 11.7. The van der Waals surface area contributed by atoms with E-state index in [-0.39, 0.29) is 63.3 Å². The van der Waals surface area contributed by atoms with Crippen LogP contribution in [-0.4, -0.2) is 60.3 Å². The van der Waals surface area contributed by atoms with E-state index in [9.17, 15) is 19.2 Å². The minimum atomic E-state index is -0.841. The molecule has 0 radical (unpaired) electrons. The summed E-state index contributed by atoms with van der Waals surface area (Å²) < 4.78 is 20.7. The van der Waals surface area contributed by atoms with E-state index in [2.05, 4.69) is 13.2 Å². The molecule has 0 aliphatic heterocycles. The van der Waals surface area contributed by atoms with Crippen molar-refractivity contribution < 1.29 is 38.1 Å². The van der Waals surface area contributed by atoms with Crippen molar-refractivity contribution in [3.63, 3.8) is 0 Å². The van der Waals surface area contributed by atoms with Crippen molar-refractivity contribution in [1.82, 2.24) is 9.97 Å². The lowest BCUT2D eigenvalue weighted by molar-refractivity contribution is -0.150. The first-order chi connectivity index (χ1) is 21.0. The predicted molar refractivity (Wildman–Crippen MR) is 162 cm³/mol. The highest BCUT2D eigenvalue weighted by molar-refractivity contribution is 5.88. The molecule has 0 saturated heterocycles. The Morgan fingerprint density at radius 3 is 1.84 bits per heavy atom. The highest BCUT2D eigenvalue weighted by atomic mass is 16.6. The minimum Gasteiger partial charge on any atom is -0.462 e. The Bertz CT molecular complexity index is 1580. The summed E-state index contributed by atoms with van der Waals surface area (Å²) in [5.74, 6) is -2.07. The van der Waals surface area contributed by atoms with E-state index >= 15 is 0 Å². The highest BCUT2D eigenvalue weighted by Gasteiger charge is 2.46. The highest BCUT2D eigenvalue weighted by Crippen LogP contribution is 2.52. The predicted octanol–water partition coefficient (Wildman–Crippen LogP) is 5.09. The fraction of sp³-hybridized carbons (Fsp3) is 0.353. The van der Waals surface area contributed by atoms with Gasteiger partial charge in [-0.15, -0.1) is 0 Å². The normalized spacial score (nSPS) is 12.5. The Labute approximate surface area is 256 Å². The van der Waals surface area contributed by atoms with Crippen LogP contribution in [0.15, 0.2) is 66.8 Å². The second-order valence-electron chi connectivity index (χ2n) is 10.8. The molecule has 230 valence electrons. The van der Waals surface area contributed by atoms with Gasteiger partial charge >= 0.3 is 23.9 Å². The fourth-order valence-corrected chi connectivity index (χ4v) is 5.21. The molecule has 0 N–H and O–H groups in total. The van der Waals surface area contributed by atoms with Gasteiger partial charge in [-0.1, -0.05) is 49.6 Å². The van der Waals surface area contributed by atoms with Crippen molar-refractivity contribution in [1.29, 1.82) is 0 Å². The van der Waals surface area contributed by atoms with E-state index in [4.69, 9.17) is 28.9 Å². The number of rotatable bonds is 14. The first-order valence-electron chi connectivity index (χ1n) is 14.4. The van der Waals surface area contributed by atoms with Gasteiger partial charge in [0.15, 0.2) is 0 Å². The van der Waals surface area contributed by atoms with Crippen LogP contribution in [0.4, 0.5) is 0 Å². The number of benzene rings is 2. The number of para-hydroxylation sites is 1. The third-order valence-electron chi connectivity index (χ3n) is 7.42. The molecule has 0 saturated carbocycles. The summed E-state index contributed by atoms with van der Waals surface area (Å²) in [4.78, 5) is 59.0. The number of hydrogen-bond acceptors (Lipinski definition) is 10. The van der Waals surface area contributed by atoms with Crippen LogP contribution in [0.2, 0.25) is 0 Å². The van der Waals surface area contributed by atoms with Gasteiger partial charge in [0.2, 0.25) is 0 Å². The van der Waals surface area contributed by atoms with Crippen molar-refractivity contribution in [2.45, 2.75) is 51.9 Å². The van der Waals surface area contributed by atoms with Crippen molar-refractivity contribution in [3.8, 4) is 11.3 Å². The topological polar surface area (TPSA) is 131 Å². The molecule has 0 bridgehead atoms. The molecule has 1 aliphatic carbocycles. The number of esters is 4. The first kappa shape index (κ1) is 32.1. The molecular formula is C34H36N2O8. The average molecular weight is 601 g/mol. The number of nitrogens with zero attached hydrogens (tertiary/aromatic N) is 2. The van der Waals surface area contributed by atoms with Gasteiger partial charge in [-0.2, -0.15) is 0 Å². The molecule has 4 rings (SSSR count). The maximum atomic E-state index is 12.9. The zero-order valence-electron chi connectivity index (χ0n) is 25.3. The van der Waals surface area contributed by atoms with Gasteiger partial charge in [0.25, 0.3) is 0 Å². The number of ether oxygens (including phenoxy) is 4. The maximum absolute atomic E-state index is 12.9. The summed E-state index contributed by atoms with van der Waals surface area (Å²) in [6.07, 6.45) is 0.608. The van der Waals surface area contributed by atoms with Gasteiger partial charge in [-0.25, -0.2) is 19.6 Å². The molecule has 1 heterocycles. The Hall–Kier alpha value is -4.86. The second kappa shape index (κ2) is 14.1. The summed E-state index contributed by atoms with van der Waals surface area (Å²) in [5, 5.41) is 0. The molecule has 0 spiro atoms. The van der Waals surface area contributed by atoms with E-state index < -0.39 is 29.3 Å². The monoisotopic (exact) mass is 600 g/mol. The van der Waals surface area contributed by atoms with Crippen LogP contribution >= 0.6 is 0 Å². The molecule has 0 atom stereocenters. The van der Waals surface area contributed by atoms with E-state index in [0.717, 1.165) is 27.7 Å². The van der Waals surface area contributed by atoms with Crippen LogP contribution in [0, 0.1) is 6.92 Å². The van der Waals surface area contributed by atoms with Crippen molar-refractivity contribution in [2.24, 2.45) is 0 Å². The van der Waals surface area contributed by atoms with E-state index in [0.29, 0.717) is 11.4 Å². The average Bonchev–Trinajstić information content (AvgIpc) is 3.27. The van der Waals surface area contributed by atoms with Crippen molar-refractivity contribution >= 4 is 34.9 Å². The number of carbonyl (C=O) groups is 4. The van der Waals surface area contributed by atoms with Gasteiger partial charge in [0.1, 0.15) is 26.4 Å². The number of aromatic nitrogens is 2. The van der Waals surface area contributed by atoms with Crippen LogP contribution in [0.1, 0.15) is 56.4 Å². The molecule has 3 aromatic rings. The molecule has 1 aliphatic rings. The van der Waals surface area contributed by atoms with E-state index in [1.807, 2.05) is 49.4 Å². The Balaban J connectivity index is 1.57. The van der Waals surface area contributed by atoms with Gasteiger partial charge in [0.05, 0.1) is 22.4 Å². The lowest BCUT2D eigenvalue weighted by Crippen LogP contribution is -2.29. The van der Waals surface area contributed by atoms with Gasteiger partial charge < -0.3 is 18.9 Å². The van der Waals surface area contributed by atoms with Crippen LogP contribution in [0.25, 0.3) is 22.3 Å². The molecule has 10 heteroatoms. The first-order valence-corrected chi connectivity index (χ1v) is 14.4. The van der Waals surface area contributed by atoms with E-state index in [1.54, 1.807) is 0 Å². The SMILES string of the molecule is C=C(C)C(=O)OCCOC(=O)CCC1(CCC(=O)OCCOC(=O)C(=C)C)c2ccccc2-c2nc3cccc(C)c3nc21. The molecule has 0 fully saturated rings. The molecule has 0 amide bonds. The van der Waals surface area contributed by atoms with Crippen LogP contribution < -0.4 is 0 Å². The third kappa shape index (κ3) is 7.19. The zero-order valence-corrected chi connectivity index (χ0v) is 25.3. The Kier molecular flexibility index (Phi) is 10.3. The zero-order chi connectivity index (χ0) is 31.9. The minimum absolute atomic E-state index is 0.0155. The second-order valence-corrected chi connectivity index (χ2v) is 10.8. The lowest BCUT2D eigenvalue weighted by atomic mass is 9.73. The molecule has 2 aromatic carbocycles. The largest absolute Gasteiger partial charge is 0.462 e. The maximum Gasteiger partial charge on any atom is 0.333 e. The van der Waals surface area contributed by atoms with Gasteiger partial charge in [-0.3, -0.25) is 9.59 Å². The molecule has 44 heavy (non-hydrogen) atoms. The number of hydrogen-bond donors (Lipinski definition) is 0. The summed E-state index contributed by atoms with van der Waals surface area (Å²) in [5.41, 5.74) is 5.31. The Morgan fingerprint density at radius 2 is 1.27 bits per heavy atom. The molecule has 10 nitrogen and oxygen atoms in total. The third-order valence-corrected chi connectivity index (χ3v) is 7.42. The molecular weight excluding hydrogens is 564 g/mol. The smallest absolute Gasteiger partial charge is 0.333 e. The van der Waals surface area contributed by atoms with Gasteiger partial charge in [-0.05, 0) is 50.8 Å². The lowest BCUT2D eigenvalue weighted by Gasteiger charge is -2.30. The molecule has 0 unspecified atom stereocenters. The summed E-state index contributed by atoms with van der Waals surface area (Å²) >= 11 is 0. The molecule has 1 aromatic heterocycles. The number of fused-ring (bicyclic) bond motifs is 4. The number of aryl methyl sites for hydroxylation is 1. The summed E-state index contributed by atoms with van der Waals surface area (Å²) in [6, 6.07) is 13.6. The van der Waals surface area contributed by atoms with Crippen molar-refractivity contribution in [2.75, 3.05) is 26.4 Å². The van der Waals surface area contributed by atoms with Crippen molar-refractivity contribution in [3.05, 3.63) is 83.6 Å². The Morgan fingerprint density at radius 1 is 0.727 bits per heavy atom. The number of carbonyl (C=O) groups excluding carboxylic acids is 4. The van der Waals surface area contributed by atoms with E-state index in [1.165, 1.54) is 13.8 Å². The quantitative estimate of drug-likeness (QED) is 0.107. The standard InChI is InChI=1S/C34H36N2O8/c1-21(2)32(39)43-19-17-41-27(37)13-15-34(16-14-28(38)42-18-20-44-33(40)22(3)4)25-11-7-6-10-24(25)30-31(34)36-29-23(5)9-8-12-26(29)35-30/h6-12H,1,3,13-20H2,2,4-5H3. The summed E-state index contributed by atoms with van der Waals surface area (Å²) in [7, 11) is 0. The fourth-order valence-electron chi connectivity index (χ4n) is 5.21. The van der Waals surface area contributed by atoms with Crippen LogP contribution in [0.3, 0.4) is 0 Å². The van der Waals surface area contributed by atoms with Gasteiger partial charge in [0, 0.05) is 35.0 Å².